The van der Waals surface area contributed by atoms with Crippen molar-refractivity contribution in [3.8, 4) is 0 Å². The lowest BCUT2D eigenvalue weighted by molar-refractivity contribution is -0.172. The predicted molar refractivity (Wildman–Crippen MR) is 197 cm³/mol. The molecule has 0 aliphatic heterocycles. The van der Waals surface area contributed by atoms with Crippen LogP contribution in [0.2, 0.25) is 0 Å². The molecule has 3 rings (SSSR count). The van der Waals surface area contributed by atoms with Crippen molar-refractivity contribution < 1.29 is 38.1 Å². The highest BCUT2D eigenvalue weighted by molar-refractivity contribution is 5.71. The van der Waals surface area contributed by atoms with Crippen LogP contribution in [0.3, 0.4) is 0 Å². The molecule has 11 nitrogen and oxygen atoms in total. The lowest BCUT2D eigenvalue weighted by Crippen LogP contribution is -2.51. The zero-order valence-electron chi connectivity index (χ0n) is 32.5. The summed E-state index contributed by atoms with van der Waals surface area (Å²) in [7, 11) is 0. The van der Waals surface area contributed by atoms with Gasteiger partial charge in [0.15, 0.2) is 0 Å². The molecule has 0 heterocycles. The SMILES string of the molecule is CCCCCCOC(=O)CC[C@@H](C)C1CC[C@H]2C[C@H](OC(=O)CCN)CC3C[C@H](OC(=O)CCN)CCC3(C)[C@H](C)C[C@H](OC(=O)CCN)C12C. The van der Waals surface area contributed by atoms with E-state index < -0.39 is 5.41 Å². The third-order valence-corrected chi connectivity index (χ3v) is 13.1. The van der Waals surface area contributed by atoms with E-state index in [9.17, 15) is 19.2 Å². The number of fused-ring (bicyclic) bond motifs is 2. The summed E-state index contributed by atoms with van der Waals surface area (Å²) in [6.07, 6.45) is 10.8. The molecule has 0 amide bonds. The Kier molecular flexibility index (Phi) is 17.7. The Morgan fingerprint density at radius 1 is 0.706 bits per heavy atom. The molecule has 10 atom stereocenters. The van der Waals surface area contributed by atoms with Crippen LogP contribution >= 0.6 is 0 Å². The minimum Gasteiger partial charge on any atom is -0.466 e. The largest absolute Gasteiger partial charge is 0.466 e. The summed E-state index contributed by atoms with van der Waals surface area (Å²) in [5.41, 5.74) is 16.6. The van der Waals surface area contributed by atoms with Crippen molar-refractivity contribution in [1.82, 2.24) is 0 Å². The van der Waals surface area contributed by atoms with Crippen molar-refractivity contribution >= 4 is 23.9 Å². The molecule has 3 fully saturated rings. The molecule has 51 heavy (non-hydrogen) atoms. The normalized spacial score (nSPS) is 32.9. The lowest BCUT2D eigenvalue weighted by Gasteiger charge is -2.53. The number of rotatable bonds is 18. The lowest BCUT2D eigenvalue weighted by atomic mass is 9.54. The number of ether oxygens (including phenoxy) is 4. The van der Waals surface area contributed by atoms with E-state index in [1.54, 1.807) is 0 Å². The van der Waals surface area contributed by atoms with Gasteiger partial charge in [-0.05, 0) is 99.2 Å². The molecule has 0 radical (unpaired) electrons. The maximum Gasteiger partial charge on any atom is 0.307 e. The van der Waals surface area contributed by atoms with Gasteiger partial charge in [0.05, 0.1) is 25.9 Å². The molecule has 0 aromatic carbocycles. The number of nitrogens with two attached hydrogens (primary N) is 3. The summed E-state index contributed by atoms with van der Waals surface area (Å²) in [6.45, 7) is 12.4. The molecule has 3 aliphatic carbocycles. The number of esters is 4. The van der Waals surface area contributed by atoms with E-state index in [1.807, 2.05) is 0 Å². The number of carbonyl (C=O) groups excluding carboxylic acids is 4. The molecule has 0 spiro atoms. The maximum atomic E-state index is 13.3. The molecular weight excluding hydrogens is 650 g/mol. The standard InChI is InChI=1S/C40H71N3O8/c1-6-7-8-9-22-48-35(44)13-10-27(2)33-12-11-29-24-32(50-37(46)16-20-42)26-30-25-31(49-36(45)15-19-41)14-18-39(30,4)28(3)23-34(40(29,33)5)51-38(47)17-21-43/h27-34H,6-26,41-43H2,1-5H3/t27-,28-,29+,30?,31-,32+,33?,34+,39?,40?/m1/s1. The van der Waals surface area contributed by atoms with Gasteiger partial charge >= 0.3 is 23.9 Å². The highest BCUT2D eigenvalue weighted by atomic mass is 16.6. The molecule has 3 aliphatic rings. The summed E-state index contributed by atoms with van der Waals surface area (Å²) in [6, 6.07) is 0. The highest BCUT2D eigenvalue weighted by Crippen LogP contribution is 2.60. The van der Waals surface area contributed by atoms with Crippen LogP contribution in [0, 0.1) is 40.4 Å². The first-order chi connectivity index (χ1) is 24.3. The number of carbonyl (C=O) groups is 4. The van der Waals surface area contributed by atoms with Gasteiger partial charge in [0, 0.05) is 31.5 Å². The summed E-state index contributed by atoms with van der Waals surface area (Å²) >= 11 is 0. The molecule has 0 bridgehead atoms. The third kappa shape index (κ3) is 11.9. The van der Waals surface area contributed by atoms with Crippen LogP contribution in [0.15, 0.2) is 0 Å². The van der Waals surface area contributed by atoms with Crippen molar-refractivity contribution in [2.24, 2.45) is 57.6 Å². The highest BCUT2D eigenvalue weighted by Gasteiger charge is 2.57. The smallest absolute Gasteiger partial charge is 0.307 e. The van der Waals surface area contributed by atoms with Crippen molar-refractivity contribution in [2.75, 3.05) is 26.2 Å². The van der Waals surface area contributed by atoms with Gasteiger partial charge in [-0.25, -0.2) is 0 Å². The number of unbranched alkanes of at least 4 members (excludes halogenated alkanes) is 3. The fraction of sp³-hybridized carbons (Fsp3) is 0.900. The Balaban J connectivity index is 1.95. The second kappa shape index (κ2) is 20.9. The van der Waals surface area contributed by atoms with Crippen LogP contribution in [0.25, 0.3) is 0 Å². The van der Waals surface area contributed by atoms with Crippen molar-refractivity contribution in [3.63, 3.8) is 0 Å². The van der Waals surface area contributed by atoms with Crippen molar-refractivity contribution in [3.05, 3.63) is 0 Å². The Morgan fingerprint density at radius 3 is 1.92 bits per heavy atom. The van der Waals surface area contributed by atoms with E-state index in [4.69, 9.17) is 36.1 Å². The van der Waals surface area contributed by atoms with Crippen LogP contribution in [0.5, 0.6) is 0 Å². The Hall–Kier alpha value is -2.24. The zero-order chi connectivity index (χ0) is 37.6. The van der Waals surface area contributed by atoms with Gasteiger partial charge in [-0.15, -0.1) is 0 Å². The van der Waals surface area contributed by atoms with Crippen LogP contribution < -0.4 is 17.2 Å². The molecule has 0 aromatic heterocycles. The molecule has 3 saturated carbocycles. The van der Waals surface area contributed by atoms with Gasteiger partial charge in [0.2, 0.25) is 0 Å². The number of hydrogen-bond acceptors (Lipinski definition) is 11. The molecule has 0 saturated heterocycles. The summed E-state index contributed by atoms with van der Waals surface area (Å²) in [4.78, 5) is 51.6. The minimum absolute atomic E-state index is 0.111. The zero-order valence-corrected chi connectivity index (χ0v) is 32.5. The Bertz CT molecular complexity index is 1120. The van der Waals surface area contributed by atoms with E-state index in [2.05, 4.69) is 34.6 Å². The van der Waals surface area contributed by atoms with Crippen LogP contribution in [0.4, 0.5) is 0 Å². The molecule has 11 heteroatoms. The number of hydrogen-bond donors (Lipinski definition) is 3. The topological polar surface area (TPSA) is 183 Å². The Morgan fingerprint density at radius 2 is 1.29 bits per heavy atom. The third-order valence-electron chi connectivity index (χ3n) is 13.1. The van der Waals surface area contributed by atoms with Crippen molar-refractivity contribution in [1.29, 1.82) is 0 Å². The molecular formula is C40H71N3O8. The van der Waals surface area contributed by atoms with Gasteiger partial charge in [-0.2, -0.15) is 0 Å². The van der Waals surface area contributed by atoms with Gasteiger partial charge in [0.25, 0.3) is 0 Å². The monoisotopic (exact) mass is 722 g/mol. The van der Waals surface area contributed by atoms with Crippen LogP contribution in [-0.2, 0) is 38.1 Å². The van der Waals surface area contributed by atoms with Gasteiger partial charge in [-0.3, -0.25) is 19.2 Å². The van der Waals surface area contributed by atoms with Crippen molar-refractivity contribution in [2.45, 2.75) is 162 Å². The van der Waals surface area contributed by atoms with Gasteiger partial charge in [-0.1, -0.05) is 53.9 Å². The van der Waals surface area contributed by atoms with E-state index in [0.717, 1.165) is 51.4 Å². The average Bonchev–Trinajstić information content (AvgIpc) is 3.40. The predicted octanol–water partition coefficient (Wildman–Crippen LogP) is 5.97. The molecule has 294 valence electrons. The van der Waals surface area contributed by atoms with E-state index in [1.165, 1.54) is 0 Å². The Labute approximate surface area is 307 Å². The average molecular weight is 722 g/mol. The quantitative estimate of drug-likeness (QED) is 0.0862. The minimum atomic E-state index is -0.418. The van der Waals surface area contributed by atoms with E-state index in [0.29, 0.717) is 45.1 Å². The summed E-state index contributed by atoms with van der Waals surface area (Å²) in [5.74, 6) is -0.293. The van der Waals surface area contributed by atoms with E-state index >= 15 is 0 Å². The first kappa shape index (κ1) is 43.2. The first-order valence-electron chi connectivity index (χ1n) is 20.2. The van der Waals surface area contributed by atoms with Gasteiger partial charge in [0.1, 0.15) is 18.3 Å². The molecule has 6 N–H and O–H groups in total. The fourth-order valence-electron chi connectivity index (χ4n) is 9.82. The second-order valence-electron chi connectivity index (χ2n) is 16.4. The summed E-state index contributed by atoms with van der Waals surface area (Å²) < 4.78 is 24.2. The second-order valence-corrected chi connectivity index (χ2v) is 16.4. The van der Waals surface area contributed by atoms with Crippen LogP contribution in [-0.4, -0.2) is 68.4 Å². The molecule has 4 unspecified atom stereocenters. The molecule has 0 aromatic rings. The van der Waals surface area contributed by atoms with E-state index in [-0.39, 0.29) is 116 Å². The maximum absolute atomic E-state index is 13.3. The fourth-order valence-corrected chi connectivity index (χ4v) is 9.82. The summed E-state index contributed by atoms with van der Waals surface area (Å²) in [5, 5.41) is 0. The van der Waals surface area contributed by atoms with Crippen LogP contribution in [0.1, 0.15) is 144 Å². The first-order valence-corrected chi connectivity index (χ1v) is 20.2. The van der Waals surface area contributed by atoms with Gasteiger partial charge < -0.3 is 36.1 Å².